The number of carbonyl (C=O) groups is 1. The number of benzene rings is 1. The lowest BCUT2D eigenvalue weighted by atomic mass is 10.3. The maximum Gasteiger partial charge on any atom is 0.425 e. The Hall–Kier alpha value is -1.91. The predicted octanol–water partition coefficient (Wildman–Crippen LogP) is 1.77. The number of ether oxygens (including phenoxy) is 2. The minimum absolute atomic E-state index is 0.343. The van der Waals surface area contributed by atoms with Crippen molar-refractivity contribution in [1.29, 1.82) is 0 Å². The van der Waals surface area contributed by atoms with E-state index in [0.717, 1.165) is 11.4 Å². The summed E-state index contributed by atoms with van der Waals surface area (Å²) in [5, 5.41) is 0. The van der Waals surface area contributed by atoms with Gasteiger partial charge in [0.15, 0.2) is 0 Å². The number of amides is 1. The highest BCUT2D eigenvalue weighted by molar-refractivity contribution is 5.69. The van der Waals surface area contributed by atoms with Crippen molar-refractivity contribution in [2.45, 2.75) is 6.92 Å². The Kier molecular flexibility index (Phi) is 4.28. The molecular formula is C10H14N2O3. The van der Waals surface area contributed by atoms with Gasteiger partial charge in [-0.1, -0.05) is 0 Å². The maximum atomic E-state index is 10.9. The van der Waals surface area contributed by atoms with Crippen LogP contribution >= 0.6 is 0 Å². The number of nitrogens with one attached hydrogen (secondary N) is 2. The zero-order valence-corrected chi connectivity index (χ0v) is 8.74. The molecule has 0 unspecified atom stereocenters. The molecule has 0 fully saturated rings. The molecule has 0 saturated carbocycles. The van der Waals surface area contributed by atoms with Crippen molar-refractivity contribution in [3.8, 4) is 5.75 Å². The van der Waals surface area contributed by atoms with Gasteiger partial charge in [-0.2, -0.15) is 0 Å². The molecule has 1 amide bonds. The second-order valence-corrected chi connectivity index (χ2v) is 2.70. The molecule has 82 valence electrons. The summed E-state index contributed by atoms with van der Waals surface area (Å²) in [6.45, 7) is 2.09. The van der Waals surface area contributed by atoms with Crippen LogP contribution in [0, 0.1) is 0 Å². The van der Waals surface area contributed by atoms with Gasteiger partial charge in [0.1, 0.15) is 5.75 Å². The van der Waals surface area contributed by atoms with E-state index in [1.54, 1.807) is 38.3 Å². The Morgan fingerprint density at radius 3 is 2.53 bits per heavy atom. The Balaban J connectivity index is 2.40. The zero-order valence-electron chi connectivity index (χ0n) is 8.74. The minimum Gasteiger partial charge on any atom is -0.497 e. The van der Waals surface area contributed by atoms with Crippen LogP contribution in [0.25, 0.3) is 0 Å². The molecule has 0 aliphatic rings. The topological polar surface area (TPSA) is 59.6 Å². The van der Waals surface area contributed by atoms with Gasteiger partial charge in [0.05, 0.1) is 19.4 Å². The lowest BCUT2D eigenvalue weighted by Gasteiger charge is -2.08. The molecule has 15 heavy (non-hydrogen) atoms. The highest BCUT2D eigenvalue weighted by Gasteiger charge is 1.98. The molecule has 2 N–H and O–H groups in total. The Morgan fingerprint density at radius 1 is 1.33 bits per heavy atom. The first kappa shape index (κ1) is 11.2. The van der Waals surface area contributed by atoms with E-state index in [9.17, 15) is 4.79 Å². The van der Waals surface area contributed by atoms with E-state index < -0.39 is 6.09 Å². The molecule has 5 nitrogen and oxygen atoms in total. The molecule has 0 aromatic heterocycles. The second-order valence-electron chi connectivity index (χ2n) is 2.70. The van der Waals surface area contributed by atoms with Crippen molar-refractivity contribution in [2.24, 2.45) is 0 Å². The van der Waals surface area contributed by atoms with Crippen LogP contribution in [0.1, 0.15) is 6.92 Å². The van der Waals surface area contributed by atoms with Crippen molar-refractivity contribution >= 4 is 11.8 Å². The summed E-state index contributed by atoms with van der Waals surface area (Å²) in [6.07, 6.45) is -0.506. The molecule has 0 heterocycles. The predicted molar refractivity (Wildman–Crippen MR) is 56.8 cm³/mol. The van der Waals surface area contributed by atoms with Gasteiger partial charge < -0.3 is 9.47 Å². The summed E-state index contributed by atoms with van der Waals surface area (Å²) in [6, 6.07) is 7.14. The van der Waals surface area contributed by atoms with Crippen molar-refractivity contribution in [2.75, 3.05) is 19.1 Å². The maximum absolute atomic E-state index is 10.9. The minimum atomic E-state index is -0.506. The third-order valence-corrected chi connectivity index (χ3v) is 1.67. The van der Waals surface area contributed by atoms with Gasteiger partial charge in [0.25, 0.3) is 0 Å². The normalized spacial score (nSPS) is 9.20. The fraction of sp³-hybridized carbons (Fsp3) is 0.300. The number of carbonyl (C=O) groups excluding carboxylic acids is 1. The molecule has 0 saturated heterocycles. The van der Waals surface area contributed by atoms with Crippen molar-refractivity contribution in [1.82, 2.24) is 5.43 Å². The summed E-state index contributed by atoms with van der Waals surface area (Å²) in [5.41, 5.74) is 5.84. The SMILES string of the molecule is CCOC(=O)NNc1ccc(OC)cc1. The Labute approximate surface area is 88.3 Å². The standard InChI is InChI=1S/C10H14N2O3/c1-3-15-10(13)12-11-8-4-6-9(14-2)7-5-8/h4-7,11H,3H2,1-2H3,(H,12,13). The van der Waals surface area contributed by atoms with Crippen molar-refractivity contribution < 1.29 is 14.3 Å². The summed E-state index contributed by atoms with van der Waals surface area (Å²) in [7, 11) is 1.60. The van der Waals surface area contributed by atoms with Crippen LogP contribution in [-0.4, -0.2) is 19.8 Å². The molecule has 0 bridgehead atoms. The fourth-order valence-corrected chi connectivity index (χ4v) is 0.965. The van der Waals surface area contributed by atoms with Crippen molar-refractivity contribution in [3.63, 3.8) is 0 Å². The average Bonchev–Trinajstić information content (AvgIpc) is 2.27. The molecule has 5 heteroatoms. The number of hydrogen-bond acceptors (Lipinski definition) is 4. The summed E-state index contributed by atoms with van der Waals surface area (Å²) >= 11 is 0. The van der Waals surface area contributed by atoms with Gasteiger partial charge in [0.2, 0.25) is 0 Å². The summed E-state index contributed by atoms with van der Waals surface area (Å²) < 4.78 is 9.66. The van der Waals surface area contributed by atoms with Gasteiger partial charge in [-0.15, -0.1) is 0 Å². The third kappa shape index (κ3) is 3.76. The molecule has 0 spiro atoms. The lowest BCUT2D eigenvalue weighted by molar-refractivity contribution is 0.154. The van der Waals surface area contributed by atoms with Crippen LogP contribution in [0.15, 0.2) is 24.3 Å². The number of rotatable bonds is 4. The number of hydrazine groups is 1. The molecule has 1 aromatic rings. The molecule has 0 atom stereocenters. The highest BCUT2D eigenvalue weighted by Crippen LogP contribution is 2.13. The molecule has 1 aromatic carbocycles. The zero-order chi connectivity index (χ0) is 11.1. The Bertz CT molecular complexity index is 311. The van der Waals surface area contributed by atoms with Crippen LogP contribution in [0.4, 0.5) is 10.5 Å². The molecule has 0 radical (unpaired) electrons. The third-order valence-electron chi connectivity index (χ3n) is 1.67. The van der Waals surface area contributed by atoms with Gasteiger partial charge in [-0.3, -0.25) is 5.43 Å². The van der Waals surface area contributed by atoms with Crippen LogP contribution in [0.3, 0.4) is 0 Å². The first-order valence-electron chi connectivity index (χ1n) is 4.59. The molecule has 0 aliphatic carbocycles. The first-order valence-corrected chi connectivity index (χ1v) is 4.59. The Morgan fingerprint density at radius 2 is 2.00 bits per heavy atom. The van der Waals surface area contributed by atoms with E-state index in [1.165, 1.54) is 0 Å². The van der Waals surface area contributed by atoms with Crippen LogP contribution in [-0.2, 0) is 4.74 Å². The molecule has 1 rings (SSSR count). The number of hydrogen-bond donors (Lipinski definition) is 2. The molecule has 0 aliphatic heterocycles. The number of anilines is 1. The van der Waals surface area contributed by atoms with E-state index in [-0.39, 0.29) is 0 Å². The van der Waals surface area contributed by atoms with Crippen LogP contribution in [0.2, 0.25) is 0 Å². The monoisotopic (exact) mass is 210 g/mol. The summed E-state index contributed by atoms with van der Waals surface area (Å²) in [4.78, 5) is 10.9. The first-order chi connectivity index (χ1) is 7.26. The van der Waals surface area contributed by atoms with Gasteiger partial charge in [0, 0.05) is 0 Å². The van der Waals surface area contributed by atoms with Gasteiger partial charge in [-0.05, 0) is 31.2 Å². The second kappa shape index (κ2) is 5.74. The quantitative estimate of drug-likeness (QED) is 0.743. The highest BCUT2D eigenvalue weighted by atomic mass is 16.5. The lowest BCUT2D eigenvalue weighted by Crippen LogP contribution is -2.29. The van der Waals surface area contributed by atoms with Crippen molar-refractivity contribution in [3.05, 3.63) is 24.3 Å². The number of methoxy groups -OCH3 is 1. The van der Waals surface area contributed by atoms with Gasteiger partial charge in [-0.25, -0.2) is 10.2 Å². The smallest absolute Gasteiger partial charge is 0.425 e. The van der Waals surface area contributed by atoms with Crippen LogP contribution in [0.5, 0.6) is 5.75 Å². The largest absolute Gasteiger partial charge is 0.497 e. The van der Waals surface area contributed by atoms with E-state index in [4.69, 9.17) is 4.74 Å². The average molecular weight is 210 g/mol. The fourth-order valence-electron chi connectivity index (χ4n) is 0.965. The van der Waals surface area contributed by atoms with E-state index in [2.05, 4.69) is 15.6 Å². The van der Waals surface area contributed by atoms with Gasteiger partial charge >= 0.3 is 6.09 Å². The summed E-state index contributed by atoms with van der Waals surface area (Å²) in [5.74, 6) is 0.761. The molecular weight excluding hydrogens is 196 g/mol. The van der Waals surface area contributed by atoms with E-state index in [1.807, 2.05) is 0 Å². The van der Waals surface area contributed by atoms with E-state index >= 15 is 0 Å². The van der Waals surface area contributed by atoms with Crippen LogP contribution < -0.4 is 15.6 Å². The van der Waals surface area contributed by atoms with E-state index in [0.29, 0.717) is 6.61 Å².